The van der Waals surface area contributed by atoms with Crippen LogP contribution < -0.4 is 0 Å². The van der Waals surface area contributed by atoms with Crippen molar-refractivity contribution in [2.75, 3.05) is 19.7 Å². The van der Waals surface area contributed by atoms with Crippen molar-refractivity contribution >= 4 is 29.2 Å². The fourth-order valence-electron chi connectivity index (χ4n) is 2.03. The highest BCUT2D eigenvalue weighted by atomic mass is 35.5. The molecule has 1 unspecified atom stereocenters. The van der Waals surface area contributed by atoms with Crippen molar-refractivity contribution in [3.8, 4) is 0 Å². The van der Waals surface area contributed by atoms with Crippen molar-refractivity contribution in [2.45, 2.75) is 6.10 Å². The van der Waals surface area contributed by atoms with E-state index in [9.17, 15) is 19.7 Å². The summed E-state index contributed by atoms with van der Waals surface area (Å²) in [5.74, 6) is -1.83. The first kappa shape index (κ1) is 15.2. The van der Waals surface area contributed by atoms with E-state index < -0.39 is 28.6 Å². The first-order valence-corrected chi connectivity index (χ1v) is 6.36. The van der Waals surface area contributed by atoms with Gasteiger partial charge in [0.15, 0.2) is 6.10 Å². The number of benzene rings is 1. The SMILES string of the molecule is O=C(O)C1CN(C(=O)c2cccc(Cl)c2[N+](=O)[O-])CCO1. The molecule has 0 saturated carbocycles. The fraction of sp³-hybridized carbons (Fsp3) is 0.333. The Balaban J connectivity index is 2.30. The van der Waals surface area contributed by atoms with Gasteiger partial charge >= 0.3 is 11.7 Å². The zero-order chi connectivity index (χ0) is 15.6. The van der Waals surface area contributed by atoms with Crippen LogP contribution in [0.3, 0.4) is 0 Å². The molecule has 1 atom stereocenters. The van der Waals surface area contributed by atoms with E-state index in [1.807, 2.05) is 0 Å². The Hall–Kier alpha value is -2.19. The minimum atomic E-state index is -1.19. The topological polar surface area (TPSA) is 110 Å². The van der Waals surface area contributed by atoms with Crippen molar-refractivity contribution in [3.63, 3.8) is 0 Å². The largest absolute Gasteiger partial charge is 0.479 e. The standard InChI is InChI=1S/C12H11ClN2O6/c13-8-3-1-2-7(10(8)15(19)20)11(16)14-4-5-21-9(6-14)12(17)18/h1-3,9H,4-6H2,(H,17,18). The van der Waals surface area contributed by atoms with Gasteiger partial charge in [0.25, 0.3) is 5.91 Å². The highest BCUT2D eigenvalue weighted by Gasteiger charge is 2.33. The molecule has 0 radical (unpaired) electrons. The van der Waals surface area contributed by atoms with Crippen LogP contribution in [-0.4, -0.2) is 52.6 Å². The van der Waals surface area contributed by atoms with Gasteiger partial charge in [-0.1, -0.05) is 17.7 Å². The predicted molar refractivity (Wildman–Crippen MR) is 71.4 cm³/mol. The molecule has 21 heavy (non-hydrogen) atoms. The summed E-state index contributed by atoms with van der Waals surface area (Å²) in [6.07, 6.45) is -1.14. The second-order valence-corrected chi connectivity index (χ2v) is 4.75. The number of carboxylic acids is 1. The first-order valence-electron chi connectivity index (χ1n) is 5.98. The van der Waals surface area contributed by atoms with Gasteiger partial charge in [-0.05, 0) is 12.1 Å². The van der Waals surface area contributed by atoms with Gasteiger partial charge in [0, 0.05) is 6.54 Å². The molecule has 0 aromatic heterocycles. The van der Waals surface area contributed by atoms with Crippen molar-refractivity contribution < 1.29 is 24.4 Å². The number of hydrogen-bond acceptors (Lipinski definition) is 5. The number of hydrogen-bond donors (Lipinski definition) is 1. The number of carbonyl (C=O) groups is 2. The second kappa shape index (κ2) is 6.06. The minimum absolute atomic E-state index is 0.0526. The third kappa shape index (κ3) is 3.11. The lowest BCUT2D eigenvalue weighted by atomic mass is 10.1. The lowest BCUT2D eigenvalue weighted by molar-refractivity contribution is -0.385. The Labute approximate surface area is 124 Å². The number of halogens is 1. The summed E-state index contributed by atoms with van der Waals surface area (Å²) in [6.45, 7) is 0.0428. The number of nitro benzene ring substituents is 1. The molecule has 112 valence electrons. The average molecular weight is 315 g/mol. The third-order valence-corrected chi connectivity index (χ3v) is 3.33. The van der Waals surface area contributed by atoms with Gasteiger partial charge in [-0.2, -0.15) is 0 Å². The second-order valence-electron chi connectivity index (χ2n) is 4.34. The third-order valence-electron chi connectivity index (χ3n) is 3.03. The zero-order valence-corrected chi connectivity index (χ0v) is 11.4. The van der Waals surface area contributed by atoms with Crippen LogP contribution in [0, 0.1) is 10.1 Å². The smallest absolute Gasteiger partial charge is 0.334 e. The van der Waals surface area contributed by atoms with E-state index in [1.165, 1.54) is 23.1 Å². The van der Waals surface area contributed by atoms with Crippen LogP contribution in [0.15, 0.2) is 18.2 Å². The molecular weight excluding hydrogens is 304 g/mol. The number of carboxylic acid groups (broad SMARTS) is 1. The van der Waals surface area contributed by atoms with Crippen LogP contribution in [0.1, 0.15) is 10.4 Å². The molecular formula is C12H11ClN2O6. The normalized spacial score (nSPS) is 18.3. The van der Waals surface area contributed by atoms with E-state index in [1.54, 1.807) is 0 Å². The fourth-order valence-corrected chi connectivity index (χ4v) is 2.27. The summed E-state index contributed by atoms with van der Waals surface area (Å²) in [5.41, 5.74) is -0.652. The van der Waals surface area contributed by atoms with Crippen LogP contribution in [0.5, 0.6) is 0 Å². The van der Waals surface area contributed by atoms with E-state index in [0.717, 1.165) is 0 Å². The lowest BCUT2D eigenvalue weighted by Gasteiger charge is -2.30. The summed E-state index contributed by atoms with van der Waals surface area (Å²) in [6, 6.07) is 4.03. The Morgan fingerprint density at radius 2 is 2.19 bits per heavy atom. The Kier molecular flexibility index (Phi) is 4.39. The molecule has 0 bridgehead atoms. The maximum atomic E-state index is 12.4. The number of rotatable bonds is 3. The van der Waals surface area contributed by atoms with Crippen LogP contribution in [0.25, 0.3) is 0 Å². The van der Waals surface area contributed by atoms with Crippen LogP contribution in [-0.2, 0) is 9.53 Å². The number of nitro groups is 1. The molecule has 8 nitrogen and oxygen atoms in total. The van der Waals surface area contributed by atoms with Gasteiger partial charge in [0.1, 0.15) is 10.6 Å². The van der Waals surface area contributed by atoms with E-state index in [-0.39, 0.29) is 30.3 Å². The van der Waals surface area contributed by atoms with Crippen molar-refractivity contribution in [1.29, 1.82) is 0 Å². The quantitative estimate of drug-likeness (QED) is 0.662. The summed E-state index contributed by atoms with van der Waals surface area (Å²) < 4.78 is 5.00. The van der Waals surface area contributed by atoms with Crippen LogP contribution in [0.2, 0.25) is 5.02 Å². The van der Waals surface area contributed by atoms with E-state index in [0.29, 0.717) is 0 Å². The number of ether oxygens (including phenoxy) is 1. The minimum Gasteiger partial charge on any atom is -0.479 e. The molecule has 1 aromatic carbocycles. The molecule has 2 rings (SSSR count). The first-order chi connectivity index (χ1) is 9.91. The summed E-state index contributed by atoms with van der Waals surface area (Å²) in [7, 11) is 0. The van der Waals surface area contributed by atoms with Gasteiger partial charge in [-0.25, -0.2) is 4.79 Å². The monoisotopic (exact) mass is 314 g/mol. The Bertz CT molecular complexity index is 605. The predicted octanol–water partition coefficient (Wildman–Crippen LogP) is 1.17. The molecule has 0 aliphatic carbocycles. The van der Waals surface area contributed by atoms with E-state index in [2.05, 4.69) is 0 Å². The Morgan fingerprint density at radius 1 is 1.48 bits per heavy atom. The number of carbonyl (C=O) groups excluding carboxylic acids is 1. The molecule has 1 saturated heterocycles. The van der Waals surface area contributed by atoms with Gasteiger partial charge in [-0.3, -0.25) is 14.9 Å². The number of aliphatic carboxylic acids is 1. The van der Waals surface area contributed by atoms with Crippen LogP contribution >= 0.6 is 11.6 Å². The molecule has 1 fully saturated rings. The highest BCUT2D eigenvalue weighted by Crippen LogP contribution is 2.29. The Morgan fingerprint density at radius 3 is 2.81 bits per heavy atom. The number of para-hydroxylation sites is 1. The number of amides is 1. The van der Waals surface area contributed by atoms with Gasteiger partial charge in [-0.15, -0.1) is 0 Å². The van der Waals surface area contributed by atoms with E-state index in [4.69, 9.17) is 21.4 Å². The summed E-state index contributed by atoms with van der Waals surface area (Å²) >= 11 is 5.76. The number of nitrogens with zero attached hydrogens (tertiary/aromatic N) is 2. The molecule has 1 aliphatic rings. The zero-order valence-electron chi connectivity index (χ0n) is 10.7. The van der Waals surface area contributed by atoms with Gasteiger partial charge in [0.2, 0.25) is 0 Å². The number of morpholine rings is 1. The van der Waals surface area contributed by atoms with E-state index >= 15 is 0 Å². The average Bonchev–Trinajstić information content (AvgIpc) is 2.45. The van der Waals surface area contributed by atoms with Crippen LogP contribution in [0.4, 0.5) is 5.69 Å². The molecule has 1 aromatic rings. The maximum Gasteiger partial charge on any atom is 0.334 e. The summed E-state index contributed by atoms with van der Waals surface area (Å²) in [4.78, 5) is 34.8. The highest BCUT2D eigenvalue weighted by molar-refractivity contribution is 6.33. The molecule has 0 spiro atoms. The van der Waals surface area contributed by atoms with Crippen molar-refractivity contribution in [1.82, 2.24) is 4.90 Å². The summed E-state index contributed by atoms with van der Waals surface area (Å²) in [5, 5.41) is 19.8. The molecule has 1 heterocycles. The molecule has 1 aliphatic heterocycles. The molecule has 1 amide bonds. The van der Waals surface area contributed by atoms with Gasteiger partial charge < -0.3 is 14.7 Å². The molecule has 9 heteroatoms. The van der Waals surface area contributed by atoms with Crippen molar-refractivity contribution in [3.05, 3.63) is 38.9 Å². The molecule has 1 N–H and O–H groups in total. The van der Waals surface area contributed by atoms with Crippen molar-refractivity contribution in [2.24, 2.45) is 0 Å². The lowest BCUT2D eigenvalue weighted by Crippen LogP contribution is -2.48. The van der Waals surface area contributed by atoms with Gasteiger partial charge in [0.05, 0.1) is 18.1 Å². The maximum absolute atomic E-state index is 12.4.